The van der Waals surface area contributed by atoms with Crippen molar-refractivity contribution < 1.29 is 5.11 Å². The lowest BCUT2D eigenvalue weighted by Crippen LogP contribution is -2.29. The monoisotopic (exact) mass is 454 g/mol. The highest BCUT2D eigenvalue weighted by Gasteiger charge is 2.44. The second-order valence-electron chi connectivity index (χ2n) is 8.37. The molecule has 1 saturated heterocycles. The van der Waals surface area contributed by atoms with E-state index in [1.807, 2.05) is 47.4 Å². The lowest BCUT2D eigenvalue weighted by atomic mass is 9.93. The molecule has 1 aliphatic rings. The van der Waals surface area contributed by atoms with Crippen molar-refractivity contribution in [1.82, 2.24) is 14.9 Å². The third-order valence-electron chi connectivity index (χ3n) is 6.56. The molecule has 2 atom stereocenters. The summed E-state index contributed by atoms with van der Waals surface area (Å²) in [6.07, 6.45) is 1.81. The molecule has 6 heteroatoms. The number of hydrogen-bond donors (Lipinski definition) is 2. The molecule has 0 aliphatic carbocycles. The Balaban J connectivity index is 1.75. The zero-order chi connectivity index (χ0) is 23.1. The first-order valence-corrected chi connectivity index (χ1v) is 11.4. The summed E-state index contributed by atoms with van der Waals surface area (Å²) in [5.74, 6) is 0.197. The average molecular weight is 455 g/mol. The van der Waals surface area contributed by atoms with Gasteiger partial charge in [0.2, 0.25) is 0 Å². The number of anilines is 1. The zero-order valence-corrected chi connectivity index (χ0v) is 19.7. The predicted molar refractivity (Wildman–Crippen MR) is 136 cm³/mol. The molecule has 1 aliphatic heterocycles. The van der Waals surface area contributed by atoms with E-state index in [9.17, 15) is 5.11 Å². The number of phenols is 1. The normalized spacial score (nSPS) is 17.9. The van der Waals surface area contributed by atoms with Crippen molar-refractivity contribution in [2.75, 3.05) is 4.90 Å². The molecule has 5 nitrogen and oxygen atoms in total. The Morgan fingerprint density at radius 2 is 1.58 bits per heavy atom. The first-order valence-electron chi connectivity index (χ1n) is 11.0. The fourth-order valence-corrected chi connectivity index (χ4v) is 5.32. The summed E-state index contributed by atoms with van der Waals surface area (Å²) >= 11 is 5.83. The molecule has 5 rings (SSSR count). The van der Waals surface area contributed by atoms with Gasteiger partial charge in [-0.25, -0.2) is 0 Å². The van der Waals surface area contributed by atoms with Gasteiger partial charge in [-0.05, 0) is 75.0 Å². The molecule has 2 aromatic heterocycles. The lowest BCUT2D eigenvalue weighted by molar-refractivity contribution is 0.472. The van der Waals surface area contributed by atoms with Crippen LogP contribution in [0, 0.1) is 20.8 Å². The highest BCUT2D eigenvalue weighted by molar-refractivity contribution is 7.80. The average Bonchev–Trinajstić information content (AvgIpc) is 3.27. The second-order valence-corrected chi connectivity index (χ2v) is 8.75. The smallest absolute Gasteiger partial charge is 0.174 e. The van der Waals surface area contributed by atoms with Crippen molar-refractivity contribution in [3.8, 4) is 11.4 Å². The number of nitrogens with zero attached hydrogens (tertiary/aromatic N) is 3. The van der Waals surface area contributed by atoms with Crippen LogP contribution in [0.4, 0.5) is 5.69 Å². The van der Waals surface area contributed by atoms with Gasteiger partial charge < -0.3 is 19.9 Å². The summed E-state index contributed by atoms with van der Waals surface area (Å²) in [5.41, 5.74) is 7.43. The Kier molecular flexibility index (Phi) is 5.38. The third kappa shape index (κ3) is 3.47. The summed E-state index contributed by atoms with van der Waals surface area (Å²) < 4.78 is 2.30. The molecular formula is C27H26N4OS. The maximum atomic E-state index is 10.7. The molecule has 2 aromatic carbocycles. The van der Waals surface area contributed by atoms with Crippen LogP contribution in [-0.4, -0.2) is 19.8 Å². The molecule has 2 unspecified atom stereocenters. The molecule has 3 heterocycles. The molecule has 4 aromatic rings. The Morgan fingerprint density at radius 1 is 0.879 bits per heavy atom. The first kappa shape index (κ1) is 21.2. The number of aromatic nitrogens is 2. The second kappa shape index (κ2) is 8.37. The van der Waals surface area contributed by atoms with Crippen molar-refractivity contribution in [2.45, 2.75) is 32.9 Å². The molecule has 0 amide bonds. The van der Waals surface area contributed by atoms with Crippen LogP contribution in [0.15, 0.2) is 79.0 Å². The first-order chi connectivity index (χ1) is 16.0. The Labute approximate surface area is 199 Å². The molecular weight excluding hydrogens is 428 g/mol. The van der Waals surface area contributed by atoms with E-state index < -0.39 is 0 Å². The van der Waals surface area contributed by atoms with Crippen LogP contribution >= 0.6 is 12.2 Å². The van der Waals surface area contributed by atoms with E-state index in [0.29, 0.717) is 10.8 Å². The van der Waals surface area contributed by atoms with E-state index in [4.69, 9.17) is 12.2 Å². The van der Waals surface area contributed by atoms with Crippen LogP contribution < -0.4 is 10.2 Å². The van der Waals surface area contributed by atoms with Crippen LogP contribution in [0.1, 0.15) is 40.3 Å². The van der Waals surface area contributed by atoms with E-state index in [1.54, 1.807) is 12.3 Å². The van der Waals surface area contributed by atoms with E-state index in [2.05, 4.69) is 59.9 Å². The minimum absolute atomic E-state index is 0.165. The SMILES string of the molecule is Cc1c(C2C(c3ccccn3)NC(=S)N2c2ccccc2O)c(C)n(-c2ccccc2)c1C. The van der Waals surface area contributed by atoms with Crippen LogP contribution in [0.25, 0.3) is 5.69 Å². The van der Waals surface area contributed by atoms with Gasteiger partial charge in [0, 0.05) is 28.8 Å². The van der Waals surface area contributed by atoms with Gasteiger partial charge in [-0.3, -0.25) is 4.98 Å². The van der Waals surface area contributed by atoms with Crippen LogP contribution in [0.3, 0.4) is 0 Å². The summed E-state index contributed by atoms with van der Waals surface area (Å²) in [6, 6.07) is 23.3. The number of thiocarbonyl (C=S) groups is 1. The van der Waals surface area contributed by atoms with Crippen molar-refractivity contribution in [1.29, 1.82) is 0 Å². The van der Waals surface area contributed by atoms with Gasteiger partial charge in [0.25, 0.3) is 0 Å². The maximum Gasteiger partial charge on any atom is 0.174 e. The van der Waals surface area contributed by atoms with E-state index in [1.165, 1.54) is 16.8 Å². The minimum Gasteiger partial charge on any atom is -0.506 e. The number of phenolic OH excluding ortho intramolecular Hbond substituents is 1. The summed E-state index contributed by atoms with van der Waals surface area (Å²) in [6.45, 7) is 6.47. The fraction of sp³-hybridized carbons (Fsp3) is 0.185. The number of aromatic hydroxyl groups is 1. The van der Waals surface area contributed by atoms with Crippen molar-refractivity contribution in [3.63, 3.8) is 0 Å². The van der Waals surface area contributed by atoms with Gasteiger partial charge in [-0.2, -0.15) is 0 Å². The molecule has 1 fully saturated rings. The topological polar surface area (TPSA) is 53.3 Å². The van der Waals surface area contributed by atoms with Crippen molar-refractivity contribution >= 4 is 23.0 Å². The Hall–Kier alpha value is -3.64. The number of pyridine rings is 1. The molecule has 166 valence electrons. The van der Waals surface area contributed by atoms with Crippen molar-refractivity contribution in [3.05, 3.63) is 107 Å². The van der Waals surface area contributed by atoms with Gasteiger partial charge in [-0.1, -0.05) is 36.4 Å². The molecule has 0 saturated carbocycles. The predicted octanol–water partition coefficient (Wildman–Crippen LogP) is 5.68. The number of hydrogen-bond acceptors (Lipinski definition) is 3. The fourth-order valence-electron chi connectivity index (χ4n) is 4.98. The standard InChI is InChI=1S/C27H26N4OS/c1-17-18(2)30(20-11-5-4-6-12-20)19(3)24(17)26-25(21-13-9-10-16-28-21)29-27(33)31(26)22-14-7-8-15-23(22)32/h4-16,25-26,32H,1-3H3,(H,29,33). The highest BCUT2D eigenvalue weighted by Crippen LogP contribution is 2.47. The zero-order valence-electron chi connectivity index (χ0n) is 18.9. The lowest BCUT2D eigenvalue weighted by Gasteiger charge is -2.29. The van der Waals surface area contributed by atoms with Crippen molar-refractivity contribution in [2.24, 2.45) is 0 Å². The Bertz CT molecular complexity index is 1320. The number of rotatable bonds is 4. The summed E-state index contributed by atoms with van der Waals surface area (Å²) in [7, 11) is 0. The third-order valence-corrected chi connectivity index (χ3v) is 6.87. The highest BCUT2D eigenvalue weighted by atomic mass is 32.1. The molecule has 0 bridgehead atoms. The number of para-hydroxylation sites is 3. The summed E-state index contributed by atoms with van der Waals surface area (Å²) in [5, 5.41) is 14.8. The maximum absolute atomic E-state index is 10.7. The van der Waals surface area contributed by atoms with Crippen LogP contribution in [-0.2, 0) is 0 Å². The molecule has 0 spiro atoms. The van der Waals surface area contributed by atoms with Gasteiger partial charge in [0.1, 0.15) is 5.75 Å². The molecule has 2 N–H and O–H groups in total. The molecule has 33 heavy (non-hydrogen) atoms. The number of benzene rings is 2. The quantitative estimate of drug-likeness (QED) is 0.389. The van der Waals surface area contributed by atoms with E-state index >= 15 is 0 Å². The van der Waals surface area contributed by atoms with Crippen LogP contribution in [0.5, 0.6) is 5.75 Å². The largest absolute Gasteiger partial charge is 0.506 e. The van der Waals surface area contributed by atoms with Gasteiger partial charge >= 0.3 is 0 Å². The van der Waals surface area contributed by atoms with E-state index in [0.717, 1.165) is 17.1 Å². The van der Waals surface area contributed by atoms with Gasteiger partial charge in [0.15, 0.2) is 5.11 Å². The summed E-state index contributed by atoms with van der Waals surface area (Å²) in [4.78, 5) is 6.69. The Morgan fingerprint density at radius 3 is 2.27 bits per heavy atom. The molecule has 0 radical (unpaired) electrons. The van der Waals surface area contributed by atoms with Crippen LogP contribution in [0.2, 0.25) is 0 Å². The number of nitrogens with one attached hydrogen (secondary N) is 1. The van der Waals surface area contributed by atoms with E-state index in [-0.39, 0.29) is 17.8 Å². The van der Waals surface area contributed by atoms with Gasteiger partial charge in [-0.15, -0.1) is 0 Å². The minimum atomic E-state index is -0.177. The van der Waals surface area contributed by atoms with Gasteiger partial charge in [0.05, 0.1) is 23.5 Å².